The number of carbonyl (C=O) groups excluding carboxylic acids is 2. The van der Waals surface area contributed by atoms with Crippen molar-refractivity contribution in [3.05, 3.63) is 24.3 Å². The molecular weight excluding hydrogens is 374 g/mol. The zero-order chi connectivity index (χ0) is 19.3. The largest absolute Gasteiger partial charge is 0.488 e. The van der Waals surface area contributed by atoms with Crippen LogP contribution in [0.1, 0.15) is 32.1 Å². The monoisotopic (exact) mass is 403 g/mol. The third-order valence-electron chi connectivity index (χ3n) is 5.87. The summed E-state index contributed by atoms with van der Waals surface area (Å²) in [4.78, 5) is 29.6. The van der Waals surface area contributed by atoms with Crippen LogP contribution in [0.2, 0.25) is 0 Å². The molecule has 0 bridgehead atoms. The average Bonchev–Trinajstić information content (AvgIpc) is 3.34. The maximum atomic E-state index is 11.7. The van der Waals surface area contributed by atoms with Crippen molar-refractivity contribution >= 4 is 28.6 Å². The van der Waals surface area contributed by atoms with E-state index in [4.69, 9.17) is 4.74 Å². The molecule has 1 aromatic carbocycles. The van der Waals surface area contributed by atoms with Crippen molar-refractivity contribution in [2.24, 2.45) is 0 Å². The van der Waals surface area contributed by atoms with Gasteiger partial charge in [0, 0.05) is 32.7 Å². The molecule has 2 aliphatic heterocycles. The Balaban J connectivity index is 1.25. The van der Waals surface area contributed by atoms with Crippen molar-refractivity contribution in [2.75, 3.05) is 49.9 Å². The maximum Gasteiger partial charge on any atom is 0.288 e. The van der Waals surface area contributed by atoms with Gasteiger partial charge in [0.2, 0.25) is 5.91 Å². The lowest BCUT2D eigenvalue weighted by molar-refractivity contribution is -0.124. The number of para-hydroxylation sites is 2. The van der Waals surface area contributed by atoms with Gasteiger partial charge in [0.15, 0.2) is 0 Å². The van der Waals surface area contributed by atoms with Crippen LogP contribution in [0.25, 0.3) is 0 Å². The van der Waals surface area contributed by atoms with E-state index in [0.29, 0.717) is 18.4 Å². The third-order valence-corrected chi connectivity index (χ3v) is 6.73. The molecule has 4 rings (SSSR count). The van der Waals surface area contributed by atoms with Gasteiger partial charge in [0.25, 0.3) is 5.24 Å². The van der Waals surface area contributed by atoms with Crippen molar-refractivity contribution in [2.45, 2.75) is 38.2 Å². The number of anilines is 1. The molecule has 1 saturated carbocycles. The Morgan fingerprint density at radius 2 is 1.75 bits per heavy atom. The van der Waals surface area contributed by atoms with E-state index in [9.17, 15) is 9.59 Å². The molecule has 0 spiro atoms. The van der Waals surface area contributed by atoms with E-state index in [1.54, 1.807) is 0 Å². The highest BCUT2D eigenvalue weighted by molar-refractivity contribution is 8.14. The summed E-state index contributed by atoms with van der Waals surface area (Å²) in [5.41, 5.74) is 1.21. The second-order valence-corrected chi connectivity index (χ2v) is 8.70. The van der Waals surface area contributed by atoms with Gasteiger partial charge >= 0.3 is 0 Å². The van der Waals surface area contributed by atoms with Gasteiger partial charge in [0.1, 0.15) is 5.75 Å². The normalized spacial score (nSPS) is 21.7. The van der Waals surface area contributed by atoms with Crippen LogP contribution in [-0.2, 0) is 4.79 Å². The van der Waals surface area contributed by atoms with Gasteiger partial charge in [-0.05, 0) is 50.8 Å². The first-order valence-corrected chi connectivity index (χ1v) is 11.4. The van der Waals surface area contributed by atoms with Crippen LogP contribution in [0.5, 0.6) is 5.75 Å². The number of carbonyl (C=O) groups is 2. The topological polar surface area (TPSA) is 53.1 Å². The molecule has 152 valence electrons. The number of piperazine rings is 1. The second-order valence-electron chi connectivity index (χ2n) is 7.77. The van der Waals surface area contributed by atoms with Gasteiger partial charge in [-0.2, -0.15) is 0 Å². The minimum atomic E-state index is -0.0892. The Hall–Kier alpha value is -1.73. The van der Waals surface area contributed by atoms with E-state index in [1.807, 2.05) is 0 Å². The SMILES string of the molecule is O=C1CSC(=O)N1CCCN1CCN(c2ccccc2OC2CCCC2)CC1. The Kier molecular flexibility index (Phi) is 6.42. The highest BCUT2D eigenvalue weighted by Gasteiger charge is 2.29. The first-order chi connectivity index (χ1) is 13.7. The molecule has 6 nitrogen and oxygen atoms in total. The molecule has 2 heterocycles. The van der Waals surface area contributed by atoms with Crippen molar-refractivity contribution in [3.8, 4) is 5.75 Å². The predicted molar refractivity (Wildman–Crippen MR) is 112 cm³/mol. The highest BCUT2D eigenvalue weighted by atomic mass is 32.2. The van der Waals surface area contributed by atoms with Crippen molar-refractivity contribution in [1.82, 2.24) is 9.80 Å². The molecule has 28 heavy (non-hydrogen) atoms. The zero-order valence-electron chi connectivity index (χ0n) is 16.3. The molecule has 3 fully saturated rings. The Bertz CT molecular complexity index is 684. The van der Waals surface area contributed by atoms with E-state index in [0.717, 1.165) is 56.7 Å². The number of benzene rings is 1. The summed E-state index contributed by atoms with van der Waals surface area (Å²) in [6.45, 7) is 5.41. The maximum absolute atomic E-state index is 11.7. The van der Waals surface area contributed by atoms with E-state index < -0.39 is 0 Å². The van der Waals surface area contributed by atoms with Crippen LogP contribution in [0, 0.1) is 0 Å². The molecule has 7 heteroatoms. The van der Waals surface area contributed by atoms with Gasteiger partial charge in [-0.1, -0.05) is 23.9 Å². The lowest BCUT2D eigenvalue weighted by Gasteiger charge is -2.37. The Labute approximate surface area is 171 Å². The fraction of sp³-hybridized carbons (Fsp3) is 0.619. The minimum absolute atomic E-state index is 0.0429. The lowest BCUT2D eigenvalue weighted by Crippen LogP contribution is -2.47. The summed E-state index contributed by atoms with van der Waals surface area (Å²) in [6.07, 6.45) is 6.11. The van der Waals surface area contributed by atoms with Gasteiger partial charge in [-0.15, -0.1) is 0 Å². The number of hydrogen-bond acceptors (Lipinski definition) is 6. The minimum Gasteiger partial charge on any atom is -0.488 e. The molecule has 0 aromatic heterocycles. The van der Waals surface area contributed by atoms with Crippen LogP contribution >= 0.6 is 11.8 Å². The summed E-state index contributed by atoms with van der Waals surface area (Å²) in [6, 6.07) is 8.42. The number of nitrogens with zero attached hydrogens (tertiary/aromatic N) is 3. The summed E-state index contributed by atoms with van der Waals surface area (Å²) in [5.74, 6) is 1.28. The molecule has 3 aliphatic rings. The highest BCUT2D eigenvalue weighted by Crippen LogP contribution is 2.32. The number of rotatable bonds is 7. The number of imide groups is 1. The summed E-state index contributed by atoms with van der Waals surface area (Å²) >= 11 is 1.12. The molecule has 0 radical (unpaired) electrons. The third kappa shape index (κ3) is 4.63. The van der Waals surface area contributed by atoms with E-state index in [1.165, 1.54) is 36.3 Å². The van der Waals surface area contributed by atoms with Crippen LogP contribution < -0.4 is 9.64 Å². The quantitative estimate of drug-likeness (QED) is 0.697. The summed E-state index contributed by atoms with van der Waals surface area (Å²) in [5, 5.41) is -0.0892. The van der Waals surface area contributed by atoms with Gasteiger partial charge in [-0.25, -0.2) is 0 Å². The van der Waals surface area contributed by atoms with E-state index in [2.05, 4.69) is 34.1 Å². The van der Waals surface area contributed by atoms with Gasteiger partial charge < -0.3 is 9.64 Å². The number of hydrogen-bond donors (Lipinski definition) is 0. The number of thioether (sulfide) groups is 1. The Morgan fingerprint density at radius 3 is 2.46 bits per heavy atom. The number of amides is 2. The average molecular weight is 404 g/mol. The summed E-state index contributed by atoms with van der Waals surface area (Å²) < 4.78 is 6.30. The van der Waals surface area contributed by atoms with Gasteiger partial charge in [0.05, 0.1) is 17.5 Å². The van der Waals surface area contributed by atoms with Gasteiger partial charge in [-0.3, -0.25) is 19.4 Å². The molecule has 0 atom stereocenters. The van der Waals surface area contributed by atoms with Crippen LogP contribution in [0.4, 0.5) is 10.5 Å². The van der Waals surface area contributed by atoms with Crippen LogP contribution in [0.15, 0.2) is 24.3 Å². The fourth-order valence-corrected chi connectivity index (χ4v) is 5.02. The predicted octanol–water partition coefficient (Wildman–Crippen LogP) is 3.22. The second kappa shape index (κ2) is 9.18. The molecular formula is C21H29N3O3S. The molecule has 2 saturated heterocycles. The zero-order valence-corrected chi connectivity index (χ0v) is 17.2. The molecule has 1 aliphatic carbocycles. The lowest BCUT2D eigenvalue weighted by atomic mass is 10.2. The molecule has 0 unspecified atom stereocenters. The van der Waals surface area contributed by atoms with E-state index in [-0.39, 0.29) is 11.1 Å². The summed E-state index contributed by atoms with van der Waals surface area (Å²) in [7, 11) is 0. The van der Waals surface area contributed by atoms with Crippen LogP contribution in [0.3, 0.4) is 0 Å². The molecule has 0 N–H and O–H groups in total. The van der Waals surface area contributed by atoms with Crippen molar-refractivity contribution in [1.29, 1.82) is 0 Å². The number of ether oxygens (including phenoxy) is 1. The first kappa shape index (κ1) is 19.6. The first-order valence-electron chi connectivity index (χ1n) is 10.4. The fourth-order valence-electron chi connectivity index (χ4n) is 4.27. The molecule has 2 amide bonds. The Morgan fingerprint density at radius 1 is 1.00 bits per heavy atom. The van der Waals surface area contributed by atoms with Crippen molar-refractivity contribution in [3.63, 3.8) is 0 Å². The smallest absolute Gasteiger partial charge is 0.288 e. The van der Waals surface area contributed by atoms with Crippen molar-refractivity contribution < 1.29 is 14.3 Å². The van der Waals surface area contributed by atoms with E-state index >= 15 is 0 Å². The van der Waals surface area contributed by atoms with Crippen LogP contribution in [-0.4, -0.2) is 72.1 Å². The standard InChI is InChI=1S/C21H29N3O3S/c25-20-16-28-21(26)24(20)11-5-10-22-12-14-23(15-13-22)18-8-3-4-9-19(18)27-17-6-1-2-7-17/h3-4,8-9,17H,1-2,5-7,10-16H2. The molecule has 1 aromatic rings.